The van der Waals surface area contributed by atoms with Gasteiger partial charge in [-0.25, -0.2) is 9.59 Å². The van der Waals surface area contributed by atoms with Crippen molar-refractivity contribution in [1.82, 2.24) is 10.6 Å². The SMILES string of the molecule is CC(NC(=O)NC(CCC(=O)O)C(=O)O)c1ccc(Cl)s1. The summed E-state index contributed by atoms with van der Waals surface area (Å²) in [5.74, 6) is -2.40. The molecule has 0 saturated heterocycles. The highest BCUT2D eigenvalue weighted by molar-refractivity contribution is 7.16. The number of aliphatic carboxylic acids is 2. The number of carbonyl (C=O) groups excluding carboxylic acids is 1. The number of carboxylic acids is 2. The van der Waals surface area contributed by atoms with Crippen LogP contribution in [-0.2, 0) is 9.59 Å². The average molecular weight is 335 g/mol. The zero-order valence-corrected chi connectivity index (χ0v) is 12.7. The summed E-state index contributed by atoms with van der Waals surface area (Å²) < 4.78 is 0.587. The molecule has 21 heavy (non-hydrogen) atoms. The maximum Gasteiger partial charge on any atom is 0.326 e. The lowest BCUT2D eigenvalue weighted by Gasteiger charge is -2.17. The molecule has 2 unspecified atom stereocenters. The first-order valence-corrected chi connectivity index (χ1v) is 7.26. The van der Waals surface area contributed by atoms with Crippen molar-refractivity contribution in [3.05, 3.63) is 21.3 Å². The zero-order valence-electron chi connectivity index (χ0n) is 11.1. The van der Waals surface area contributed by atoms with Gasteiger partial charge in [0.1, 0.15) is 6.04 Å². The number of amides is 2. The van der Waals surface area contributed by atoms with Crippen LogP contribution in [0.3, 0.4) is 0 Å². The molecule has 0 aliphatic rings. The molecule has 9 heteroatoms. The third kappa shape index (κ3) is 6.01. The number of rotatable bonds is 7. The van der Waals surface area contributed by atoms with Crippen molar-refractivity contribution in [2.75, 3.05) is 0 Å². The van der Waals surface area contributed by atoms with Crippen LogP contribution in [0.5, 0.6) is 0 Å². The first-order valence-electron chi connectivity index (χ1n) is 6.06. The number of thiophene rings is 1. The number of halogens is 1. The van der Waals surface area contributed by atoms with E-state index in [2.05, 4.69) is 10.6 Å². The predicted molar refractivity (Wildman–Crippen MR) is 77.7 cm³/mol. The monoisotopic (exact) mass is 334 g/mol. The van der Waals surface area contributed by atoms with Gasteiger partial charge in [0.2, 0.25) is 0 Å². The van der Waals surface area contributed by atoms with Gasteiger partial charge in [-0.1, -0.05) is 11.6 Å². The van der Waals surface area contributed by atoms with Gasteiger partial charge in [0.05, 0.1) is 10.4 Å². The van der Waals surface area contributed by atoms with Crippen LogP contribution in [0, 0.1) is 0 Å². The molecule has 1 aromatic rings. The molecule has 0 aliphatic heterocycles. The van der Waals surface area contributed by atoms with Crippen molar-refractivity contribution in [2.24, 2.45) is 0 Å². The maximum absolute atomic E-state index is 11.7. The Hall–Kier alpha value is -1.80. The molecule has 4 N–H and O–H groups in total. The summed E-state index contributed by atoms with van der Waals surface area (Å²) in [6, 6.07) is 1.20. The van der Waals surface area contributed by atoms with Crippen molar-refractivity contribution in [1.29, 1.82) is 0 Å². The molecule has 0 bridgehead atoms. The summed E-state index contributed by atoms with van der Waals surface area (Å²) in [6.07, 6.45) is -0.523. The van der Waals surface area contributed by atoms with E-state index < -0.39 is 24.0 Å². The van der Waals surface area contributed by atoms with Gasteiger partial charge in [0, 0.05) is 11.3 Å². The topological polar surface area (TPSA) is 116 Å². The van der Waals surface area contributed by atoms with Crippen LogP contribution in [-0.4, -0.2) is 34.2 Å². The van der Waals surface area contributed by atoms with Crippen LogP contribution in [0.4, 0.5) is 4.79 Å². The van der Waals surface area contributed by atoms with E-state index >= 15 is 0 Å². The number of nitrogens with one attached hydrogen (secondary N) is 2. The number of carboxylic acid groups (broad SMARTS) is 2. The number of hydrogen-bond donors (Lipinski definition) is 4. The molecular weight excluding hydrogens is 320 g/mol. The van der Waals surface area contributed by atoms with E-state index in [-0.39, 0.29) is 18.9 Å². The fourth-order valence-electron chi connectivity index (χ4n) is 1.55. The molecule has 116 valence electrons. The molecule has 0 fully saturated rings. The molecule has 2 atom stereocenters. The van der Waals surface area contributed by atoms with Crippen LogP contribution in [0.25, 0.3) is 0 Å². The van der Waals surface area contributed by atoms with Gasteiger partial charge in [0.25, 0.3) is 0 Å². The molecule has 1 rings (SSSR count). The highest BCUT2D eigenvalue weighted by Crippen LogP contribution is 2.26. The largest absolute Gasteiger partial charge is 0.481 e. The Morgan fingerprint density at radius 2 is 1.95 bits per heavy atom. The minimum atomic E-state index is -1.28. The first kappa shape index (κ1) is 17.3. The standard InChI is InChI=1S/C12H15ClN2O5S/c1-6(8-3-4-9(13)21-8)14-12(20)15-7(11(18)19)2-5-10(16)17/h3-4,6-7H,2,5H2,1H3,(H,16,17)(H,18,19)(H2,14,15,20). The Labute approximate surface area is 129 Å². The normalized spacial score (nSPS) is 13.2. The molecule has 7 nitrogen and oxygen atoms in total. The average Bonchev–Trinajstić information content (AvgIpc) is 2.80. The fraction of sp³-hybridized carbons (Fsp3) is 0.417. The summed E-state index contributed by atoms with van der Waals surface area (Å²) in [7, 11) is 0. The lowest BCUT2D eigenvalue weighted by molar-refractivity contribution is -0.140. The van der Waals surface area contributed by atoms with Crippen molar-refractivity contribution < 1.29 is 24.6 Å². The van der Waals surface area contributed by atoms with Gasteiger partial charge < -0.3 is 20.8 Å². The Morgan fingerprint density at radius 3 is 2.43 bits per heavy atom. The van der Waals surface area contributed by atoms with Gasteiger partial charge in [0.15, 0.2) is 0 Å². The third-order valence-electron chi connectivity index (χ3n) is 2.62. The van der Waals surface area contributed by atoms with Gasteiger partial charge in [-0.15, -0.1) is 11.3 Å². The van der Waals surface area contributed by atoms with Crippen molar-refractivity contribution >= 4 is 40.9 Å². The van der Waals surface area contributed by atoms with Crippen LogP contribution in [0.2, 0.25) is 4.34 Å². The molecule has 1 heterocycles. The second-order valence-corrected chi connectivity index (χ2v) is 6.05. The lowest BCUT2D eigenvalue weighted by atomic mass is 10.1. The summed E-state index contributed by atoms with van der Waals surface area (Å²) in [6.45, 7) is 1.73. The minimum Gasteiger partial charge on any atom is -0.481 e. The Morgan fingerprint density at radius 1 is 1.29 bits per heavy atom. The number of urea groups is 1. The minimum absolute atomic E-state index is 0.183. The zero-order chi connectivity index (χ0) is 16.0. The van der Waals surface area contributed by atoms with E-state index in [1.807, 2.05) is 0 Å². The fourth-order valence-corrected chi connectivity index (χ4v) is 2.62. The van der Waals surface area contributed by atoms with E-state index in [4.69, 9.17) is 21.8 Å². The van der Waals surface area contributed by atoms with Crippen molar-refractivity contribution in [3.63, 3.8) is 0 Å². The third-order valence-corrected chi connectivity index (χ3v) is 4.03. The van der Waals surface area contributed by atoms with Gasteiger partial charge in [-0.2, -0.15) is 0 Å². The van der Waals surface area contributed by atoms with Gasteiger partial charge >= 0.3 is 18.0 Å². The summed E-state index contributed by atoms with van der Waals surface area (Å²) in [5.41, 5.74) is 0. The molecule has 1 aromatic heterocycles. The Kier molecular flexibility index (Phi) is 6.44. The van der Waals surface area contributed by atoms with Crippen molar-refractivity contribution in [2.45, 2.75) is 31.8 Å². The summed E-state index contributed by atoms with van der Waals surface area (Å²) in [5, 5.41) is 22.3. The van der Waals surface area contributed by atoms with E-state index in [1.165, 1.54) is 11.3 Å². The van der Waals surface area contributed by atoms with Gasteiger partial charge in [-0.05, 0) is 25.5 Å². The first-order chi connectivity index (χ1) is 9.79. The molecule has 0 saturated carbocycles. The van der Waals surface area contributed by atoms with Crippen LogP contribution >= 0.6 is 22.9 Å². The van der Waals surface area contributed by atoms with Crippen LogP contribution in [0.15, 0.2) is 12.1 Å². The Bertz CT molecular complexity index is 533. The second-order valence-electron chi connectivity index (χ2n) is 4.30. The number of hydrogen-bond acceptors (Lipinski definition) is 4. The van der Waals surface area contributed by atoms with E-state index in [9.17, 15) is 14.4 Å². The molecule has 0 spiro atoms. The van der Waals surface area contributed by atoms with Crippen molar-refractivity contribution in [3.8, 4) is 0 Å². The van der Waals surface area contributed by atoms with Crippen LogP contribution in [0.1, 0.15) is 30.7 Å². The molecule has 0 aromatic carbocycles. The second kappa shape index (κ2) is 7.84. The highest BCUT2D eigenvalue weighted by Gasteiger charge is 2.22. The Balaban J connectivity index is 2.53. The van der Waals surface area contributed by atoms with E-state index in [0.717, 1.165) is 4.88 Å². The lowest BCUT2D eigenvalue weighted by Crippen LogP contribution is -2.46. The molecule has 2 amide bonds. The van der Waals surface area contributed by atoms with Crippen LogP contribution < -0.4 is 10.6 Å². The summed E-state index contributed by atoms with van der Waals surface area (Å²) >= 11 is 7.10. The maximum atomic E-state index is 11.7. The number of carbonyl (C=O) groups is 3. The quantitative estimate of drug-likeness (QED) is 0.609. The van der Waals surface area contributed by atoms with E-state index in [0.29, 0.717) is 4.34 Å². The highest BCUT2D eigenvalue weighted by atomic mass is 35.5. The smallest absolute Gasteiger partial charge is 0.326 e. The molecule has 0 aliphatic carbocycles. The van der Waals surface area contributed by atoms with Gasteiger partial charge in [-0.3, -0.25) is 4.79 Å². The van der Waals surface area contributed by atoms with E-state index in [1.54, 1.807) is 19.1 Å². The predicted octanol–water partition coefficient (Wildman–Crippen LogP) is 2.08. The summed E-state index contributed by atoms with van der Waals surface area (Å²) in [4.78, 5) is 34.0. The molecular formula is C12H15ClN2O5S. The molecule has 0 radical (unpaired) electrons.